The van der Waals surface area contributed by atoms with Crippen molar-refractivity contribution in [3.05, 3.63) is 52.5 Å². The SMILES string of the molecule is O=C(Cc1cc(Cl)c2c(c1)OCCCO2)NCc1ccc(S(=O)(=O)N2CCCC2)cc1. The maximum Gasteiger partial charge on any atom is 0.243 e. The molecule has 0 atom stereocenters. The lowest BCUT2D eigenvalue weighted by Gasteiger charge is -2.15. The van der Waals surface area contributed by atoms with Crippen LogP contribution in [-0.2, 0) is 27.8 Å². The number of carbonyl (C=O) groups is 1. The molecule has 31 heavy (non-hydrogen) atoms. The van der Waals surface area contributed by atoms with Gasteiger partial charge in [0.25, 0.3) is 0 Å². The van der Waals surface area contributed by atoms with Crippen LogP contribution in [0.2, 0.25) is 5.02 Å². The standard InChI is InChI=1S/C22H25ClN2O5S/c23-19-12-17(13-20-22(19)30-11-3-10-29-20)14-21(26)24-15-16-4-6-18(7-5-16)31(27,28)25-8-1-2-9-25/h4-7,12-13H,1-3,8-11,14-15H2,(H,24,26). The molecule has 0 radical (unpaired) electrons. The average Bonchev–Trinajstić information content (AvgIpc) is 3.20. The van der Waals surface area contributed by atoms with Crippen molar-refractivity contribution < 1.29 is 22.7 Å². The first kappa shape index (κ1) is 21.9. The van der Waals surface area contributed by atoms with E-state index in [0.717, 1.165) is 30.4 Å². The molecule has 7 nitrogen and oxygen atoms in total. The lowest BCUT2D eigenvalue weighted by atomic mass is 10.1. The minimum atomic E-state index is -3.43. The summed E-state index contributed by atoms with van der Waals surface area (Å²) in [6, 6.07) is 10.1. The molecular weight excluding hydrogens is 440 g/mol. The summed E-state index contributed by atoms with van der Waals surface area (Å²) < 4.78 is 38.0. The summed E-state index contributed by atoms with van der Waals surface area (Å²) in [6.07, 6.45) is 2.73. The molecule has 0 aliphatic carbocycles. The molecule has 0 unspecified atom stereocenters. The molecule has 4 rings (SSSR count). The van der Waals surface area contributed by atoms with Crippen molar-refractivity contribution >= 4 is 27.5 Å². The van der Waals surface area contributed by atoms with Gasteiger partial charge in [-0.15, -0.1) is 0 Å². The van der Waals surface area contributed by atoms with Gasteiger partial charge >= 0.3 is 0 Å². The molecule has 0 spiro atoms. The average molecular weight is 465 g/mol. The zero-order chi connectivity index (χ0) is 21.8. The van der Waals surface area contributed by atoms with Gasteiger partial charge in [-0.05, 0) is 48.2 Å². The van der Waals surface area contributed by atoms with E-state index in [2.05, 4.69) is 5.32 Å². The zero-order valence-corrected chi connectivity index (χ0v) is 18.7. The Hall–Kier alpha value is -2.29. The Bertz CT molecular complexity index is 1050. The third-order valence-electron chi connectivity index (χ3n) is 5.34. The van der Waals surface area contributed by atoms with Crippen LogP contribution < -0.4 is 14.8 Å². The normalized spacial score (nSPS) is 16.7. The summed E-state index contributed by atoms with van der Waals surface area (Å²) in [5.74, 6) is 0.911. The van der Waals surface area contributed by atoms with Crippen LogP contribution in [0.25, 0.3) is 0 Å². The summed E-state index contributed by atoms with van der Waals surface area (Å²) >= 11 is 6.29. The number of sulfonamides is 1. The van der Waals surface area contributed by atoms with Crippen molar-refractivity contribution in [1.29, 1.82) is 0 Å². The van der Waals surface area contributed by atoms with Crippen LogP contribution >= 0.6 is 11.6 Å². The third-order valence-corrected chi connectivity index (χ3v) is 7.54. The van der Waals surface area contributed by atoms with Crippen molar-refractivity contribution in [3.63, 3.8) is 0 Å². The number of rotatable bonds is 6. The van der Waals surface area contributed by atoms with Crippen LogP contribution in [0.15, 0.2) is 41.3 Å². The molecule has 1 amide bonds. The third kappa shape index (κ3) is 5.14. The van der Waals surface area contributed by atoms with E-state index in [1.165, 1.54) is 4.31 Å². The quantitative estimate of drug-likeness (QED) is 0.709. The number of nitrogens with one attached hydrogen (secondary N) is 1. The van der Waals surface area contributed by atoms with E-state index in [1.807, 2.05) is 0 Å². The number of benzene rings is 2. The molecular formula is C22H25ClN2O5S. The predicted molar refractivity (Wildman–Crippen MR) is 117 cm³/mol. The summed E-state index contributed by atoms with van der Waals surface area (Å²) in [5, 5.41) is 3.29. The van der Waals surface area contributed by atoms with Gasteiger partial charge in [-0.1, -0.05) is 23.7 Å². The van der Waals surface area contributed by atoms with E-state index in [4.69, 9.17) is 21.1 Å². The Balaban J connectivity index is 1.35. The fourth-order valence-electron chi connectivity index (χ4n) is 3.69. The molecule has 1 N–H and O–H groups in total. The molecule has 2 aromatic carbocycles. The minimum Gasteiger partial charge on any atom is -0.489 e. The molecule has 2 aliphatic heterocycles. The van der Waals surface area contributed by atoms with E-state index >= 15 is 0 Å². The molecule has 2 aliphatic rings. The Kier molecular flexibility index (Phi) is 6.69. The summed E-state index contributed by atoms with van der Waals surface area (Å²) in [5.41, 5.74) is 1.56. The van der Waals surface area contributed by atoms with Crippen molar-refractivity contribution in [2.75, 3.05) is 26.3 Å². The highest BCUT2D eigenvalue weighted by molar-refractivity contribution is 7.89. The van der Waals surface area contributed by atoms with Gasteiger partial charge < -0.3 is 14.8 Å². The Morgan fingerprint density at radius 1 is 1.00 bits per heavy atom. The number of halogens is 1. The summed E-state index contributed by atoms with van der Waals surface area (Å²) in [7, 11) is -3.43. The van der Waals surface area contributed by atoms with E-state index in [-0.39, 0.29) is 17.2 Å². The maximum absolute atomic E-state index is 12.6. The number of fused-ring (bicyclic) bond motifs is 1. The van der Waals surface area contributed by atoms with Gasteiger partial charge in [-0.2, -0.15) is 4.31 Å². The van der Waals surface area contributed by atoms with Gasteiger partial charge in [0.05, 0.1) is 29.6 Å². The molecule has 2 heterocycles. The second-order valence-electron chi connectivity index (χ2n) is 7.66. The lowest BCUT2D eigenvalue weighted by Crippen LogP contribution is -2.28. The van der Waals surface area contributed by atoms with Crippen LogP contribution in [0.5, 0.6) is 11.5 Å². The topological polar surface area (TPSA) is 84.9 Å². The van der Waals surface area contributed by atoms with E-state index < -0.39 is 10.0 Å². The number of hydrogen-bond acceptors (Lipinski definition) is 5. The monoisotopic (exact) mass is 464 g/mol. The minimum absolute atomic E-state index is 0.151. The Morgan fingerprint density at radius 3 is 2.45 bits per heavy atom. The van der Waals surface area contributed by atoms with Gasteiger partial charge in [0.2, 0.25) is 15.9 Å². The van der Waals surface area contributed by atoms with E-state index in [1.54, 1.807) is 36.4 Å². The highest BCUT2D eigenvalue weighted by Gasteiger charge is 2.26. The smallest absolute Gasteiger partial charge is 0.243 e. The second kappa shape index (κ2) is 9.46. The van der Waals surface area contributed by atoms with Crippen molar-refractivity contribution in [1.82, 2.24) is 9.62 Å². The molecule has 166 valence electrons. The van der Waals surface area contributed by atoms with Crippen LogP contribution in [0.3, 0.4) is 0 Å². The Morgan fingerprint density at radius 2 is 1.71 bits per heavy atom. The van der Waals surface area contributed by atoms with Crippen molar-refractivity contribution in [2.24, 2.45) is 0 Å². The van der Waals surface area contributed by atoms with Gasteiger partial charge in [-0.3, -0.25) is 4.79 Å². The summed E-state index contributed by atoms with van der Waals surface area (Å²) in [6.45, 7) is 2.54. The molecule has 0 saturated carbocycles. The second-order valence-corrected chi connectivity index (χ2v) is 10.0. The largest absolute Gasteiger partial charge is 0.489 e. The van der Waals surface area contributed by atoms with Gasteiger partial charge in [0.1, 0.15) is 0 Å². The van der Waals surface area contributed by atoms with Crippen molar-refractivity contribution in [3.8, 4) is 11.5 Å². The number of carbonyl (C=O) groups excluding carboxylic acids is 1. The van der Waals surface area contributed by atoms with Crippen LogP contribution in [0, 0.1) is 0 Å². The van der Waals surface area contributed by atoms with Gasteiger partial charge in [0.15, 0.2) is 11.5 Å². The number of nitrogens with zero attached hydrogens (tertiary/aromatic N) is 1. The molecule has 9 heteroatoms. The van der Waals surface area contributed by atoms with Gasteiger partial charge in [-0.25, -0.2) is 8.42 Å². The lowest BCUT2D eigenvalue weighted by molar-refractivity contribution is -0.120. The first-order valence-corrected chi connectivity index (χ1v) is 12.2. The number of ether oxygens (including phenoxy) is 2. The fraction of sp³-hybridized carbons (Fsp3) is 0.409. The van der Waals surface area contributed by atoms with E-state index in [9.17, 15) is 13.2 Å². The van der Waals surface area contributed by atoms with Crippen LogP contribution in [0.4, 0.5) is 0 Å². The molecule has 0 bridgehead atoms. The maximum atomic E-state index is 12.6. The number of hydrogen-bond donors (Lipinski definition) is 1. The molecule has 1 saturated heterocycles. The van der Waals surface area contributed by atoms with Crippen LogP contribution in [0.1, 0.15) is 30.4 Å². The van der Waals surface area contributed by atoms with Crippen molar-refractivity contribution in [2.45, 2.75) is 37.1 Å². The van der Waals surface area contributed by atoms with E-state index in [0.29, 0.717) is 49.4 Å². The Labute approximate surface area is 187 Å². The first-order chi connectivity index (χ1) is 14.9. The molecule has 0 aromatic heterocycles. The fourth-order valence-corrected chi connectivity index (χ4v) is 5.50. The highest BCUT2D eigenvalue weighted by Crippen LogP contribution is 2.38. The molecule has 1 fully saturated rings. The number of amides is 1. The highest BCUT2D eigenvalue weighted by atomic mass is 35.5. The summed E-state index contributed by atoms with van der Waals surface area (Å²) in [4.78, 5) is 12.7. The first-order valence-electron chi connectivity index (χ1n) is 10.4. The van der Waals surface area contributed by atoms with Crippen LogP contribution in [-0.4, -0.2) is 44.9 Å². The molecule has 2 aromatic rings. The van der Waals surface area contributed by atoms with Gasteiger partial charge in [0, 0.05) is 26.1 Å². The predicted octanol–water partition coefficient (Wildman–Crippen LogP) is 3.14. The zero-order valence-electron chi connectivity index (χ0n) is 17.1.